The molecule has 0 unspecified atom stereocenters. The third-order valence-electron chi connectivity index (χ3n) is 16.1. The number of carbonyl (C=O) groups is 6. The van der Waals surface area contributed by atoms with Crippen molar-refractivity contribution in [1.29, 1.82) is 0 Å². The Morgan fingerprint density at radius 2 is 1.05 bits per heavy atom. The molecule has 8 rings (SSSR count). The molecule has 1 aromatic heterocycles. The van der Waals surface area contributed by atoms with E-state index < -0.39 is 17.9 Å². The summed E-state index contributed by atoms with van der Waals surface area (Å²) in [6.45, 7) is 11.5. The Labute approximate surface area is 520 Å². The standard InChI is InChI=1S/C71H83N3O13S/c1-4-7-8-15-40-74(71-73-62-20-13-14-21-65(62)88-71)72-49-57-47-56-45-50(46-63(75)51-24-26-52(27-25-51)68(78)85-60-36-32-58(33-37-60)81-41-16-9-11-18-43-83-66(76)5-2)22-23-55(56)48-64(57)87-70(80)54-30-28-53(29-31-54)69(79)86-61-38-34-59(35-39-61)82-42-17-10-12-19-44-84-67(77)6-3/h5-6,13-14,20-23,32-39,45,47-49,51-54H,2-4,7-12,15-19,24-31,40-44,46H2,1H3/b72-49+. The van der Waals surface area contributed by atoms with E-state index in [4.69, 9.17) is 43.2 Å². The lowest BCUT2D eigenvalue weighted by Crippen LogP contribution is -2.30. The summed E-state index contributed by atoms with van der Waals surface area (Å²) in [4.78, 5) is 82.1. The van der Waals surface area contributed by atoms with Crippen LogP contribution in [0.15, 0.2) is 134 Å². The molecule has 6 aromatic rings. The van der Waals surface area contributed by atoms with E-state index in [1.54, 1.807) is 66.1 Å². The van der Waals surface area contributed by atoms with Gasteiger partial charge in [-0.2, -0.15) is 5.10 Å². The van der Waals surface area contributed by atoms with E-state index in [2.05, 4.69) is 26.1 Å². The van der Waals surface area contributed by atoms with E-state index in [0.29, 0.717) is 119 Å². The third kappa shape index (κ3) is 20.7. The number of aromatic nitrogens is 1. The second kappa shape index (κ2) is 35.0. The number of rotatable bonds is 35. The van der Waals surface area contributed by atoms with Crippen molar-refractivity contribution < 1.29 is 61.9 Å². The van der Waals surface area contributed by atoms with Crippen LogP contribution >= 0.6 is 11.3 Å². The summed E-state index contributed by atoms with van der Waals surface area (Å²) in [7, 11) is 0. The third-order valence-corrected chi connectivity index (χ3v) is 17.2. The van der Waals surface area contributed by atoms with Crippen LogP contribution in [-0.4, -0.2) is 79.8 Å². The van der Waals surface area contributed by atoms with Crippen molar-refractivity contribution in [3.05, 3.63) is 140 Å². The first kappa shape index (κ1) is 65.8. The van der Waals surface area contributed by atoms with Gasteiger partial charge < -0.3 is 33.2 Å². The molecule has 0 amide bonds. The molecular weight excluding hydrogens is 1130 g/mol. The number of benzene rings is 5. The number of hydrogen-bond donors (Lipinski definition) is 0. The zero-order valence-electron chi connectivity index (χ0n) is 50.7. The second-order valence-electron chi connectivity index (χ2n) is 22.7. The molecule has 88 heavy (non-hydrogen) atoms. The lowest BCUT2D eigenvalue weighted by molar-refractivity contribution is -0.145. The van der Waals surface area contributed by atoms with Crippen LogP contribution in [0.3, 0.4) is 0 Å². The SMILES string of the molecule is C=CC(=O)OCCCCCCOc1ccc(OC(=O)C2CCC(C(=O)Cc3ccc4cc(OC(=O)C5CCC(C(=O)Oc6ccc(OCCCCCCOC(=O)C=C)cc6)CC5)c(/C=N/N(CCCCCC)c5nc6ccccc6s5)cc4c3)CC2)cc1. The van der Waals surface area contributed by atoms with E-state index in [1.165, 1.54) is 0 Å². The number of ketones is 1. The van der Waals surface area contributed by atoms with E-state index >= 15 is 0 Å². The van der Waals surface area contributed by atoms with Gasteiger partial charge in [0.1, 0.15) is 34.5 Å². The number of thiazole rings is 1. The fraction of sp³-hybridized carbons (Fsp3) is 0.437. The molecule has 0 spiro atoms. The zero-order valence-corrected chi connectivity index (χ0v) is 51.5. The van der Waals surface area contributed by atoms with Crippen molar-refractivity contribution in [2.24, 2.45) is 28.8 Å². The number of para-hydroxylation sites is 1. The molecule has 1 heterocycles. The minimum Gasteiger partial charge on any atom is -0.494 e. The number of fused-ring (bicyclic) bond motifs is 2. The van der Waals surface area contributed by atoms with Gasteiger partial charge in [-0.1, -0.05) is 81.0 Å². The first-order chi connectivity index (χ1) is 42.9. The number of esters is 5. The fourth-order valence-corrected chi connectivity index (χ4v) is 11.9. The van der Waals surface area contributed by atoms with Gasteiger partial charge in [0, 0.05) is 36.6 Å². The molecule has 0 aliphatic heterocycles. The molecule has 466 valence electrons. The van der Waals surface area contributed by atoms with Crippen molar-refractivity contribution in [3.63, 3.8) is 0 Å². The van der Waals surface area contributed by atoms with Crippen molar-refractivity contribution >= 4 is 79.3 Å². The van der Waals surface area contributed by atoms with Crippen LogP contribution in [0.2, 0.25) is 0 Å². The van der Waals surface area contributed by atoms with E-state index in [9.17, 15) is 28.8 Å². The zero-order chi connectivity index (χ0) is 61.9. The summed E-state index contributed by atoms with van der Waals surface area (Å²) in [5, 5.41) is 9.43. The number of carbonyl (C=O) groups excluding carboxylic acids is 6. The topological polar surface area (TPSA) is 196 Å². The van der Waals surface area contributed by atoms with Crippen molar-refractivity contribution in [2.75, 3.05) is 38.0 Å². The van der Waals surface area contributed by atoms with Gasteiger partial charge in [-0.3, -0.25) is 19.2 Å². The monoisotopic (exact) mass is 1220 g/mol. The number of ether oxygens (including phenoxy) is 7. The molecule has 17 heteroatoms. The Morgan fingerprint density at radius 3 is 1.58 bits per heavy atom. The smallest absolute Gasteiger partial charge is 0.330 e. The number of unbranched alkanes of at least 4 members (excludes halogenated alkanes) is 9. The van der Waals surface area contributed by atoms with Crippen LogP contribution in [0, 0.1) is 23.7 Å². The summed E-state index contributed by atoms with van der Waals surface area (Å²) >= 11 is 1.57. The highest BCUT2D eigenvalue weighted by Gasteiger charge is 2.34. The normalized spacial score (nSPS) is 16.6. The number of hydrogen-bond acceptors (Lipinski definition) is 17. The summed E-state index contributed by atoms with van der Waals surface area (Å²) in [5.41, 5.74) is 2.35. The Morgan fingerprint density at radius 1 is 0.545 bits per heavy atom. The van der Waals surface area contributed by atoms with Gasteiger partial charge in [0.05, 0.1) is 60.6 Å². The van der Waals surface area contributed by atoms with E-state index in [1.807, 2.05) is 53.5 Å². The summed E-state index contributed by atoms with van der Waals surface area (Å²) < 4.78 is 40.7. The largest absolute Gasteiger partial charge is 0.494 e. The predicted molar refractivity (Wildman–Crippen MR) is 342 cm³/mol. The molecule has 0 bridgehead atoms. The molecule has 2 aliphatic carbocycles. The Balaban J connectivity index is 0.853. The highest BCUT2D eigenvalue weighted by Crippen LogP contribution is 2.36. The molecule has 0 atom stereocenters. The number of nitrogens with zero attached hydrogens (tertiary/aromatic N) is 3. The molecule has 0 radical (unpaired) electrons. The molecule has 5 aromatic carbocycles. The predicted octanol–water partition coefficient (Wildman–Crippen LogP) is 15.0. The van der Waals surface area contributed by atoms with Gasteiger partial charge >= 0.3 is 29.8 Å². The first-order valence-corrected chi connectivity index (χ1v) is 32.2. The summed E-state index contributed by atoms with van der Waals surface area (Å²) in [5.74, 6) is -0.366. The van der Waals surface area contributed by atoms with Crippen LogP contribution in [0.4, 0.5) is 5.13 Å². The average Bonchev–Trinajstić information content (AvgIpc) is 3.59. The quantitative estimate of drug-likeness (QED) is 0.00909. The van der Waals surface area contributed by atoms with Gasteiger partial charge in [0.15, 0.2) is 0 Å². The fourth-order valence-electron chi connectivity index (χ4n) is 11.0. The lowest BCUT2D eigenvalue weighted by Gasteiger charge is -2.26. The van der Waals surface area contributed by atoms with Gasteiger partial charge in [0.25, 0.3) is 0 Å². The maximum absolute atomic E-state index is 14.2. The van der Waals surface area contributed by atoms with Crippen LogP contribution in [0.1, 0.15) is 146 Å². The lowest BCUT2D eigenvalue weighted by atomic mass is 9.79. The Hall–Kier alpha value is -8.18. The first-order valence-electron chi connectivity index (χ1n) is 31.4. The molecule has 2 saturated carbocycles. The van der Waals surface area contributed by atoms with Crippen molar-refractivity contribution in [1.82, 2.24) is 4.98 Å². The molecular formula is C71H83N3O13S. The van der Waals surface area contributed by atoms with Crippen LogP contribution < -0.4 is 28.7 Å². The van der Waals surface area contributed by atoms with Gasteiger partial charge in [-0.15, -0.1) is 0 Å². The highest BCUT2D eigenvalue weighted by molar-refractivity contribution is 7.22. The maximum atomic E-state index is 14.2. The molecule has 2 aliphatic rings. The van der Waals surface area contributed by atoms with E-state index in [0.717, 1.165) is 121 Å². The molecule has 0 saturated heterocycles. The second-order valence-corrected chi connectivity index (χ2v) is 23.7. The molecule has 2 fully saturated rings. The van der Waals surface area contributed by atoms with Gasteiger partial charge in [-0.25, -0.2) is 19.6 Å². The number of hydrazone groups is 1. The highest BCUT2D eigenvalue weighted by atomic mass is 32.1. The summed E-state index contributed by atoms with van der Waals surface area (Å²) in [6.07, 6.45) is 19.7. The minimum atomic E-state index is -0.427. The van der Waals surface area contributed by atoms with E-state index in [-0.39, 0.29) is 47.9 Å². The number of Topliss-reactive ketones (excluding diaryl/α,β-unsaturated/α-hetero) is 1. The maximum Gasteiger partial charge on any atom is 0.330 e. The average molecular weight is 1220 g/mol. The molecule has 0 N–H and O–H groups in total. The minimum absolute atomic E-state index is 0.128. The van der Waals surface area contributed by atoms with Crippen LogP contribution in [-0.2, 0) is 44.7 Å². The Kier molecular flexibility index (Phi) is 26.1. The van der Waals surface area contributed by atoms with Crippen molar-refractivity contribution in [2.45, 2.75) is 142 Å². The van der Waals surface area contributed by atoms with Gasteiger partial charge in [-0.05, 0) is 198 Å². The summed E-state index contributed by atoms with van der Waals surface area (Å²) in [6, 6.07) is 31.8. The van der Waals surface area contributed by atoms with Crippen molar-refractivity contribution in [3.8, 4) is 28.7 Å². The number of anilines is 1. The Bertz CT molecular complexity index is 3270. The van der Waals surface area contributed by atoms with Gasteiger partial charge in [0.2, 0.25) is 5.13 Å². The molecule has 16 nitrogen and oxygen atoms in total. The van der Waals surface area contributed by atoms with Crippen LogP contribution in [0.5, 0.6) is 28.7 Å². The van der Waals surface area contributed by atoms with Crippen LogP contribution in [0.25, 0.3) is 21.0 Å².